The molecule has 1 aromatic rings. The van der Waals surface area contributed by atoms with Crippen LogP contribution in [-0.2, 0) is 0 Å². The highest BCUT2D eigenvalue weighted by Crippen LogP contribution is 2.32. The van der Waals surface area contributed by atoms with Gasteiger partial charge in [-0.25, -0.2) is 4.79 Å². The summed E-state index contributed by atoms with van der Waals surface area (Å²) in [7, 11) is 0. The van der Waals surface area contributed by atoms with Crippen LogP contribution in [0.1, 0.15) is 23.4 Å². The summed E-state index contributed by atoms with van der Waals surface area (Å²) >= 11 is 0. The van der Waals surface area contributed by atoms with E-state index in [1.165, 1.54) is 19.1 Å². The van der Waals surface area contributed by atoms with Gasteiger partial charge in [-0.2, -0.15) is 0 Å². The highest BCUT2D eigenvalue weighted by atomic mass is 16.4. The molecule has 0 aromatic carbocycles. The number of carbonyl (C=O) groups is 1. The molecular weight excluding hydrogens is 234 g/mol. The predicted molar refractivity (Wildman–Crippen MR) is 67.2 cm³/mol. The van der Waals surface area contributed by atoms with Gasteiger partial charge in [0.05, 0.1) is 11.7 Å². The minimum Gasteiger partial charge on any atom is -0.475 e. The van der Waals surface area contributed by atoms with Crippen LogP contribution in [0.4, 0.5) is 11.4 Å². The van der Waals surface area contributed by atoms with Crippen molar-refractivity contribution in [3.8, 4) is 0 Å². The van der Waals surface area contributed by atoms with Gasteiger partial charge in [0.15, 0.2) is 0 Å². The number of hydrogen-bond donors (Lipinski definition) is 3. The second-order valence-electron chi connectivity index (χ2n) is 4.89. The van der Waals surface area contributed by atoms with Crippen LogP contribution in [0.2, 0.25) is 0 Å². The number of hydrogen-bond acceptors (Lipinski definition) is 5. The van der Waals surface area contributed by atoms with E-state index in [1.54, 1.807) is 0 Å². The lowest BCUT2D eigenvalue weighted by Gasteiger charge is -2.29. The summed E-state index contributed by atoms with van der Waals surface area (Å²) in [5, 5.41) is 15.5. The van der Waals surface area contributed by atoms with Crippen molar-refractivity contribution in [2.24, 2.45) is 0 Å². The minimum atomic E-state index is -1.03. The molecule has 3 rings (SSSR count). The number of carboxylic acids is 1. The molecule has 1 saturated heterocycles. The average molecular weight is 251 g/mol. The fourth-order valence-corrected chi connectivity index (χ4v) is 2.66. The van der Waals surface area contributed by atoms with E-state index in [4.69, 9.17) is 9.52 Å². The van der Waals surface area contributed by atoms with Gasteiger partial charge in [-0.05, 0) is 25.9 Å². The Hall–Kier alpha value is -1.69. The number of nitrogens with zero attached hydrogens (tertiary/aromatic N) is 1. The topological polar surface area (TPSA) is 77.7 Å². The van der Waals surface area contributed by atoms with Gasteiger partial charge >= 0.3 is 5.97 Å². The second-order valence-corrected chi connectivity index (χ2v) is 4.89. The predicted octanol–water partition coefficient (Wildman–Crippen LogP) is 1.28. The van der Waals surface area contributed by atoms with E-state index in [-0.39, 0.29) is 11.8 Å². The summed E-state index contributed by atoms with van der Waals surface area (Å²) in [5.74, 6) is -1.05. The molecule has 0 bridgehead atoms. The molecule has 2 aliphatic heterocycles. The van der Waals surface area contributed by atoms with Crippen molar-refractivity contribution in [3.05, 3.63) is 12.0 Å². The van der Waals surface area contributed by atoms with Crippen LogP contribution in [0.15, 0.2) is 10.7 Å². The molecule has 1 atom stereocenters. The Morgan fingerprint density at radius 2 is 2.28 bits per heavy atom. The van der Waals surface area contributed by atoms with Gasteiger partial charge in [-0.3, -0.25) is 0 Å². The molecule has 6 nitrogen and oxygen atoms in total. The monoisotopic (exact) mass is 251 g/mol. The molecule has 6 heteroatoms. The van der Waals surface area contributed by atoms with Crippen molar-refractivity contribution >= 4 is 17.3 Å². The number of fused-ring (bicyclic) bond motifs is 1. The zero-order valence-corrected chi connectivity index (χ0v) is 10.1. The summed E-state index contributed by atoms with van der Waals surface area (Å²) < 4.78 is 5.06. The third-order valence-electron chi connectivity index (χ3n) is 3.55. The third kappa shape index (κ3) is 2.03. The Morgan fingerprint density at radius 1 is 1.50 bits per heavy atom. The summed E-state index contributed by atoms with van der Waals surface area (Å²) in [6.45, 7) is 4.02. The molecule has 98 valence electrons. The van der Waals surface area contributed by atoms with E-state index in [1.807, 2.05) is 0 Å². The number of nitrogens with one attached hydrogen (secondary N) is 2. The first-order valence-electron chi connectivity index (χ1n) is 6.31. The number of aromatic carboxylic acids is 1. The zero-order chi connectivity index (χ0) is 12.5. The van der Waals surface area contributed by atoms with Gasteiger partial charge in [0, 0.05) is 13.1 Å². The van der Waals surface area contributed by atoms with Crippen molar-refractivity contribution in [2.75, 3.05) is 36.8 Å². The quantitative estimate of drug-likeness (QED) is 0.751. The maximum Gasteiger partial charge on any atom is 0.374 e. The molecule has 18 heavy (non-hydrogen) atoms. The number of likely N-dealkylation sites (tertiary alicyclic amines) is 1. The Bertz CT molecular complexity index is 451. The lowest BCUT2D eigenvalue weighted by Crippen LogP contribution is -2.42. The summed E-state index contributed by atoms with van der Waals surface area (Å²) in [6, 6.07) is 0.228. The zero-order valence-electron chi connectivity index (χ0n) is 10.1. The highest BCUT2D eigenvalue weighted by Gasteiger charge is 2.27. The number of anilines is 2. The van der Waals surface area contributed by atoms with Gasteiger partial charge in [0.2, 0.25) is 5.76 Å². The molecule has 1 fully saturated rings. The maximum absolute atomic E-state index is 11.0. The second kappa shape index (κ2) is 4.53. The Kier molecular flexibility index (Phi) is 2.87. The summed E-state index contributed by atoms with van der Waals surface area (Å²) in [4.78, 5) is 13.4. The van der Waals surface area contributed by atoms with Gasteiger partial charge in [-0.15, -0.1) is 0 Å². The lowest BCUT2D eigenvalue weighted by molar-refractivity contribution is 0.0664. The first kappa shape index (κ1) is 11.4. The molecule has 0 aliphatic carbocycles. The Balaban J connectivity index is 1.71. The Morgan fingerprint density at radius 3 is 3.00 bits per heavy atom. The summed E-state index contributed by atoms with van der Waals surface area (Å²) in [5.41, 5.74) is 1.32. The molecule has 2 aliphatic rings. The number of rotatable bonds is 3. The molecule has 3 heterocycles. The van der Waals surface area contributed by atoms with Crippen LogP contribution in [0.25, 0.3) is 0 Å². The van der Waals surface area contributed by atoms with Gasteiger partial charge in [-0.1, -0.05) is 0 Å². The summed E-state index contributed by atoms with van der Waals surface area (Å²) in [6.07, 6.45) is 3.98. The fourth-order valence-electron chi connectivity index (χ4n) is 2.66. The molecule has 1 aromatic heterocycles. The lowest BCUT2D eigenvalue weighted by atomic mass is 10.2. The van der Waals surface area contributed by atoms with Gasteiger partial charge in [0.1, 0.15) is 12.0 Å². The smallest absolute Gasteiger partial charge is 0.374 e. The van der Waals surface area contributed by atoms with Crippen molar-refractivity contribution in [3.63, 3.8) is 0 Å². The van der Waals surface area contributed by atoms with E-state index >= 15 is 0 Å². The van der Waals surface area contributed by atoms with Crippen LogP contribution in [0.3, 0.4) is 0 Å². The number of furan rings is 1. The Labute approximate surface area is 105 Å². The molecule has 0 spiro atoms. The van der Waals surface area contributed by atoms with E-state index in [0.29, 0.717) is 5.69 Å². The third-order valence-corrected chi connectivity index (χ3v) is 3.55. The molecule has 0 saturated carbocycles. The molecule has 3 N–H and O–H groups in total. The van der Waals surface area contributed by atoms with E-state index in [9.17, 15) is 4.79 Å². The van der Waals surface area contributed by atoms with Crippen LogP contribution >= 0.6 is 0 Å². The van der Waals surface area contributed by atoms with Crippen molar-refractivity contribution in [1.29, 1.82) is 0 Å². The molecule has 0 radical (unpaired) electrons. The van der Waals surface area contributed by atoms with Crippen molar-refractivity contribution < 1.29 is 14.3 Å². The fraction of sp³-hybridized carbons (Fsp3) is 0.583. The largest absolute Gasteiger partial charge is 0.475 e. The first-order chi connectivity index (χ1) is 8.74. The maximum atomic E-state index is 11.0. The molecule has 1 unspecified atom stereocenters. The molecule has 0 amide bonds. The minimum absolute atomic E-state index is 0.0105. The normalized spacial score (nSPS) is 23.2. The van der Waals surface area contributed by atoms with E-state index < -0.39 is 5.97 Å². The molecular formula is C12H17N3O3. The van der Waals surface area contributed by atoms with Crippen LogP contribution < -0.4 is 10.6 Å². The van der Waals surface area contributed by atoms with E-state index in [0.717, 1.165) is 31.9 Å². The van der Waals surface area contributed by atoms with Gasteiger partial charge in [0.25, 0.3) is 0 Å². The van der Waals surface area contributed by atoms with Crippen LogP contribution in [0, 0.1) is 0 Å². The van der Waals surface area contributed by atoms with Crippen molar-refractivity contribution in [2.45, 2.75) is 18.9 Å². The first-order valence-corrected chi connectivity index (χ1v) is 6.31. The van der Waals surface area contributed by atoms with Gasteiger partial charge < -0.3 is 25.1 Å². The van der Waals surface area contributed by atoms with Crippen LogP contribution in [0.5, 0.6) is 0 Å². The SMILES string of the molecule is O=C(O)c1occ2c1NC(CN1CCCC1)CN2. The van der Waals surface area contributed by atoms with E-state index in [2.05, 4.69) is 15.5 Å². The standard InChI is InChI=1S/C12H17N3O3/c16-12(17)11-10-9(7-18-11)13-5-8(14-10)6-15-3-1-2-4-15/h7-8,13-14H,1-6H2,(H,16,17). The number of carboxylic acid groups (broad SMARTS) is 1. The van der Waals surface area contributed by atoms with Crippen LogP contribution in [-0.4, -0.2) is 48.2 Å². The highest BCUT2D eigenvalue weighted by molar-refractivity contribution is 5.95. The average Bonchev–Trinajstić information content (AvgIpc) is 2.97. The van der Waals surface area contributed by atoms with Crippen molar-refractivity contribution in [1.82, 2.24) is 4.90 Å².